The van der Waals surface area contributed by atoms with Gasteiger partial charge in [0.2, 0.25) is 5.95 Å². The molecule has 1 atom stereocenters. The Kier molecular flexibility index (Phi) is 5.56. The molecule has 6 heteroatoms. The molecule has 134 valence electrons. The van der Waals surface area contributed by atoms with Crippen LogP contribution in [0.3, 0.4) is 0 Å². The first-order chi connectivity index (χ1) is 11.6. The highest BCUT2D eigenvalue weighted by atomic mass is 16.5. The van der Waals surface area contributed by atoms with E-state index in [1.807, 2.05) is 0 Å². The minimum atomic E-state index is 0.226. The molecule has 0 aromatic carbocycles. The van der Waals surface area contributed by atoms with Crippen molar-refractivity contribution < 1.29 is 4.74 Å². The Morgan fingerprint density at radius 1 is 1.33 bits per heavy atom. The third kappa shape index (κ3) is 3.81. The SMILES string of the molecule is CCN(C)C1(CNc2cc([C@H]3CCOC3)nc(N)n2)CCCCC1. The number of ether oxygens (including phenoxy) is 1. The molecule has 1 aliphatic heterocycles. The molecule has 2 fully saturated rings. The maximum Gasteiger partial charge on any atom is 0.222 e. The third-order valence-corrected chi connectivity index (χ3v) is 5.78. The minimum Gasteiger partial charge on any atom is -0.381 e. The Labute approximate surface area is 145 Å². The smallest absolute Gasteiger partial charge is 0.222 e. The lowest BCUT2D eigenvalue weighted by Gasteiger charge is -2.44. The van der Waals surface area contributed by atoms with Crippen LogP contribution in [0.1, 0.15) is 57.1 Å². The Bertz CT molecular complexity index is 538. The lowest BCUT2D eigenvalue weighted by atomic mass is 9.80. The Morgan fingerprint density at radius 3 is 2.79 bits per heavy atom. The van der Waals surface area contributed by atoms with E-state index >= 15 is 0 Å². The molecule has 6 nitrogen and oxygen atoms in total. The summed E-state index contributed by atoms with van der Waals surface area (Å²) in [7, 11) is 2.24. The van der Waals surface area contributed by atoms with E-state index < -0.39 is 0 Å². The summed E-state index contributed by atoms with van der Waals surface area (Å²) in [5, 5.41) is 3.56. The van der Waals surface area contributed by atoms with Gasteiger partial charge in [-0.3, -0.25) is 4.90 Å². The van der Waals surface area contributed by atoms with Crippen LogP contribution in [0.25, 0.3) is 0 Å². The number of anilines is 2. The Balaban J connectivity index is 1.72. The van der Waals surface area contributed by atoms with E-state index in [0.29, 0.717) is 11.9 Å². The second kappa shape index (κ2) is 7.66. The minimum absolute atomic E-state index is 0.226. The second-order valence-electron chi connectivity index (χ2n) is 7.25. The van der Waals surface area contributed by atoms with Gasteiger partial charge in [-0.2, -0.15) is 4.98 Å². The zero-order valence-electron chi connectivity index (χ0n) is 15.1. The number of nitrogens with zero attached hydrogens (tertiary/aromatic N) is 3. The van der Waals surface area contributed by atoms with Gasteiger partial charge in [0, 0.05) is 30.7 Å². The molecular formula is C18H31N5O. The predicted molar refractivity (Wildman–Crippen MR) is 97.2 cm³/mol. The molecule has 3 N–H and O–H groups in total. The van der Waals surface area contributed by atoms with Crippen LogP contribution in [0.2, 0.25) is 0 Å². The van der Waals surface area contributed by atoms with Crippen LogP contribution in [-0.2, 0) is 4.74 Å². The summed E-state index contributed by atoms with van der Waals surface area (Å²) in [4.78, 5) is 11.3. The van der Waals surface area contributed by atoms with Crippen LogP contribution >= 0.6 is 0 Å². The van der Waals surface area contributed by atoms with Crippen LogP contribution in [0, 0.1) is 0 Å². The first-order valence-corrected chi connectivity index (χ1v) is 9.30. The monoisotopic (exact) mass is 333 g/mol. The normalized spacial score (nSPS) is 23.5. The summed E-state index contributed by atoms with van der Waals surface area (Å²) < 4.78 is 5.48. The molecule has 1 aromatic rings. The summed E-state index contributed by atoms with van der Waals surface area (Å²) in [6.45, 7) is 5.75. The maximum absolute atomic E-state index is 5.94. The molecule has 2 heterocycles. The molecule has 2 aliphatic rings. The molecule has 1 saturated carbocycles. The van der Waals surface area contributed by atoms with Crippen molar-refractivity contribution in [2.24, 2.45) is 0 Å². The van der Waals surface area contributed by atoms with Crippen molar-refractivity contribution in [1.82, 2.24) is 14.9 Å². The van der Waals surface area contributed by atoms with E-state index in [0.717, 1.165) is 44.2 Å². The van der Waals surface area contributed by atoms with Gasteiger partial charge in [0.1, 0.15) is 5.82 Å². The van der Waals surface area contributed by atoms with Gasteiger partial charge >= 0.3 is 0 Å². The first-order valence-electron chi connectivity index (χ1n) is 9.30. The van der Waals surface area contributed by atoms with E-state index in [2.05, 4.69) is 40.2 Å². The van der Waals surface area contributed by atoms with E-state index in [1.54, 1.807) is 0 Å². The van der Waals surface area contributed by atoms with Gasteiger partial charge in [0.15, 0.2) is 0 Å². The summed E-state index contributed by atoms with van der Waals surface area (Å²) >= 11 is 0. The molecule has 1 aliphatic carbocycles. The second-order valence-corrected chi connectivity index (χ2v) is 7.25. The topological polar surface area (TPSA) is 76.3 Å². The number of nitrogen functional groups attached to an aromatic ring is 1. The molecular weight excluding hydrogens is 302 g/mol. The number of nitrogens with one attached hydrogen (secondary N) is 1. The average molecular weight is 333 g/mol. The number of nitrogens with two attached hydrogens (primary N) is 1. The standard InChI is InChI=1S/C18H31N5O/c1-3-23(2)18(8-5-4-6-9-18)13-20-16-11-15(21-17(19)22-16)14-7-10-24-12-14/h11,14H,3-10,12-13H2,1-2H3,(H3,19,20,21,22)/t14-/m0/s1. The van der Waals surface area contributed by atoms with Gasteiger partial charge in [-0.1, -0.05) is 26.2 Å². The maximum atomic E-state index is 5.94. The zero-order chi connectivity index (χ0) is 17.0. The molecule has 3 rings (SSSR count). The van der Waals surface area contributed by atoms with E-state index in [1.165, 1.54) is 32.1 Å². The van der Waals surface area contributed by atoms with Crippen molar-refractivity contribution >= 4 is 11.8 Å². The van der Waals surface area contributed by atoms with E-state index in [-0.39, 0.29) is 5.54 Å². The summed E-state index contributed by atoms with van der Waals surface area (Å²) in [6, 6.07) is 2.05. The van der Waals surface area contributed by atoms with Crippen LogP contribution < -0.4 is 11.1 Å². The van der Waals surface area contributed by atoms with Crippen molar-refractivity contribution in [3.05, 3.63) is 11.8 Å². The fourth-order valence-corrected chi connectivity index (χ4v) is 4.05. The van der Waals surface area contributed by atoms with Crippen molar-refractivity contribution in [3.63, 3.8) is 0 Å². The van der Waals surface area contributed by atoms with Crippen LogP contribution in [0.15, 0.2) is 6.07 Å². The predicted octanol–water partition coefficient (Wildman–Crippen LogP) is 2.63. The van der Waals surface area contributed by atoms with Gasteiger partial charge in [-0.15, -0.1) is 0 Å². The molecule has 0 spiro atoms. The lowest BCUT2D eigenvalue weighted by molar-refractivity contribution is 0.0922. The number of aromatic nitrogens is 2. The van der Waals surface area contributed by atoms with E-state index in [9.17, 15) is 0 Å². The van der Waals surface area contributed by atoms with Crippen LogP contribution in [0.4, 0.5) is 11.8 Å². The van der Waals surface area contributed by atoms with Crippen molar-refractivity contribution in [2.75, 3.05) is 44.4 Å². The number of hydrogen-bond donors (Lipinski definition) is 2. The fourth-order valence-electron chi connectivity index (χ4n) is 4.05. The van der Waals surface area contributed by atoms with Gasteiger partial charge in [0.25, 0.3) is 0 Å². The molecule has 24 heavy (non-hydrogen) atoms. The molecule has 0 amide bonds. The Morgan fingerprint density at radius 2 is 2.12 bits per heavy atom. The Hall–Kier alpha value is -1.40. The largest absolute Gasteiger partial charge is 0.381 e. The zero-order valence-corrected chi connectivity index (χ0v) is 15.1. The quantitative estimate of drug-likeness (QED) is 0.833. The lowest BCUT2D eigenvalue weighted by Crippen LogP contribution is -2.52. The summed E-state index contributed by atoms with van der Waals surface area (Å²) in [6.07, 6.45) is 7.47. The van der Waals surface area contributed by atoms with Gasteiger partial charge in [-0.05, 0) is 32.9 Å². The highest BCUT2D eigenvalue weighted by Gasteiger charge is 2.35. The summed E-state index contributed by atoms with van der Waals surface area (Å²) in [5.74, 6) is 1.54. The molecule has 0 radical (unpaired) electrons. The molecule has 1 saturated heterocycles. The van der Waals surface area contributed by atoms with Crippen molar-refractivity contribution in [2.45, 2.75) is 56.9 Å². The molecule has 1 aromatic heterocycles. The number of rotatable bonds is 6. The average Bonchev–Trinajstić information content (AvgIpc) is 3.14. The summed E-state index contributed by atoms with van der Waals surface area (Å²) in [5.41, 5.74) is 7.17. The van der Waals surface area contributed by atoms with Gasteiger partial charge < -0.3 is 15.8 Å². The number of likely N-dealkylation sites (N-methyl/N-ethyl adjacent to an activating group) is 1. The van der Waals surface area contributed by atoms with Crippen molar-refractivity contribution in [3.8, 4) is 0 Å². The first kappa shape index (κ1) is 17.4. The van der Waals surface area contributed by atoms with Crippen LogP contribution in [-0.4, -0.2) is 53.8 Å². The third-order valence-electron chi connectivity index (χ3n) is 5.78. The van der Waals surface area contributed by atoms with Gasteiger partial charge in [0.05, 0.1) is 12.3 Å². The van der Waals surface area contributed by atoms with Crippen LogP contribution in [0.5, 0.6) is 0 Å². The molecule has 0 unspecified atom stereocenters. The highest BCUT2D eigenvalue weighted by molar-refractivity contribution is 5.42. The van der Waals surface area contributed by atoms with E-state index in [4.69, 9.17) is 10.5 Å². The molecule has 0 bridgehead atoms. The fraction of sp³-hybridized carbons (Fsp3) is 0.778. The van der Waals surface area contributed by atoms with Gasteiger partial charge in [-0.25, -0.2) is 4.98 Å². The highest BCUT2D eigenvalue weighted by Crippen LogP contribution is 2.33. The number of hydrogen-bond acceptors (Lipinski definition) is 6. The van der Waals surface area contributed by atoms with Crippen molar-refractivity contribution in [1.29, 1.82) is 0 Å².